The van der Waals surface area contributed by atoms with Gasteiger partial charge in [0.15, 0.2) is 0 Å². The third-order valence-corrected chi connectivity index (χ3v) is 10.3. The molecule has 5 rings (SSSR count). The summed E-state index contributed by atoms with van der Waals surface area (Å²) in [5, 5.41) is 9.56. The first-order valence-corrected chi connectivity index (χ1v) is 16.1. The standard InChI is InChI=1S/C37H47N3O5/c1-7-19-38(24-28-17-10-9-11-18-28)33(42)29-30-34(43)40(21-12-13-22-41)32(37(30)23-27(5)36(29,6)45-37)35(44)39(20-8-2)31-25(3)15-14-16-26(31)4/h7-11,14-18,27,29-30,32,41H,1-2,12-13,19-24H2,3-6H3/t27?,29-,30+,32?,36+,37?/m1/s1. The number of amides is 3. The Kier molecular flexibility index (Phi) is 9.38. The third kappa shape index (κ3) is 5.42. The highest BCUT2D eigenvalue weighted by Crippen LogP contribution is 2.65. The topological polar surface area (TPSA) is 90.4 Å². The Bertz CT molecular complexity index is 1440. The van der Waals surface area contributed by atoms with Crippen molar-refractivity contribution in [2.24, 2.45) is 17.8 Å². The fourth-order valence-corrected chi connectivity index (χ4v) is 8.22. The van der Waals surface area contributed by atoms with E-state index in [-0.39, 0.29) is 36.8 Å². The summed E-state index contributed by atoms with van der Waals surface area (Å²) in [6, 6.07) is 14.8. The van der Waals surface area contributed by atoms with Crippen molar-refractivity contribution in [2.45, 2.75) is 70.7 Å². The van der Waals surface area contributed by atoms with Crippen LogP contribution in [0.2, 0.25) is 0 Å². The number of carbonyl (C=O) groups excluding carboxylic acids is 3. The van der Waals surface area contributed by atoms with Gasteiger partial charge in [-0.2, -0.15) is 0 Å². The average Bonchev–Trinajstić information content (AvgIpc) is 3.52. The predicted octanol–water partition coefficient (Wildman–Crippen LogP) is 4.82. The Labute approximate surface area is 267 Å². The predicted molar refractivity (Wildman–Crippen MR) is 175 cm³/mol. The van der Waals surface area contributed by atoms with Gasteiger partial charge < -0.3 is 24.5 Å². The molecule has 2 aromatic carbocycles. The monoisotopic (exact) mass is 613 g/mol. The van der Waals surface area contributed by atoms with Crippen molar-refractivity contribution in [1.82, 2.24) is 9.80 Å². The zero-order valence-electron chi connectivity index (χ0n) is 27.1. The van der Waals surface area contributed by atoms with E-state index in [9.17, 15) is 19.5 Å². The maximum absolute atomic E-state index is 15.0. The summed E-state index contributed by atoms with van der Waals surface area (Å²) < 4.78 is 7.00. The third-order valence-electron chi connectivity index (χ3n) is 10.3. The van der Waals surface area contributed by atoms with Gasteiger partial charge in [-0.3, -0.25) is 14.4 Å². The molecule has 2 aromatic rings. The van der Waals surface area contributed by atoms with Gasteiger partial charge >= 0.3 is 0 Å². The van der Waals surface area contributed by atoms with Crippen molar-refractivity contribution in [2.75, 3.05) is 31.1 Å². The van der Waals surface area contributed by atoms with Crippen LogP contribution in [0, 0.1) is 31.6 Å². The number of benzene rings is 2. The lowest BCUT2D eigenvalue weighted by Gasteiger charge is -2.39. The second-order valence-electron chi connectivity index (χ2n) is 13.1. The van der Waals surface area contributed by atoms with Crippen LogP contribution in [0.25, 0.3) is 0 Å². The minimum atomic E-state index is -1.16. The normalized spacial score (nSPS) is 28.2. The molecule has 0 aromatic heterocycles. The van der Waals surface area contributed by atoms with Crippen molar-refractivity contribution < 1.29 is 24.2 Å². The summed E-state index contributed by atoms with van der Waals surface area (Å²) in [7, 11) is 0. The number of likely N-dealkylation sites (tertiary alicyclic amines) is 1. The van der Waals surface area contributed by atoms with Gasteiger partial charge in [0, 0.05) is 38.5 Å². The number of fused-ring (bicyclic) bond motifs is 1. The first kappa shape index (κ1) is 32.6. The molecular formula is C37H47N3O5. The molecule has 3 aliphatic rings. The number of hydrogen-bond donors (Lipinski definition) is 1. The first-order valence-electron chi connectivity index (χ1n) is 16.1. The average molecular weight is 614 g/mol. The van der Waals surface area contributed by atoms with E-state index in [0.717, 1.165) is 22.4 Å². The lowest BCUT2D eigenvalue weighted by molar-refractivity contribution is -0.151. The maximum atomic E-state index is 15.0. The zero-order valence-corrected chi connectivity index (χ0v) is 27.1. The molecule has 0 radical (unpaired) electrons. The molecule has 8 heteroatoms. The number of ether oxygens (including phenoxy) is 1. The van der Waals surface area contributed by atoms with E-state index in [1.165, 1.54) is 0 Å². The number of aliphatic hydroxyl groups is 1. The molecule has 0 saturated carbocycles. The number of carbonyl (C=O) groups is 3. The van der Waals surface area contributed by atoms with Crippen LogP contribution < -0.4 is 4.90 Å². The van der Waals surface area contributed by atoms with Crippen LogP contribution >= 0.6 is 0 Å². The molecule has 45 heavy (non-hydrogen) atoms. The van der Waals surface area contributed by atoms with E-state index < -0.39 is 29.1 Å². The van der Waals surface area contributed by atoms with Gasteiger partial charge in [-0.25, -0.2) is 0 Å². The van der Waals surface area contributed by atoms with Crippen LogP contribution in [0.3, 0.4) is 0 Å². The van der Waals surface area contributed by atoms with E-state index in [1.54, 1.807) is 26.9 Å². The molecule has 3 fully saturated rings. The number of nitrogens with zero attached hydrogens (tertiary/aromatic N) is 3. The van der Waals surface area contributed by atoms with Crippen molar-refractivity contribution in [3.63, 3.8) is 0 Å². The van der Waals surface area contributed by atoms with E-state index in [4.69, 9.17) is 4.74 Å². The second kappa shape index (κ2) is 12.9. The SMILES string of the molecule is C=CCN(Cc1ccccc1)C(=O)[C@H]1[C@H]2C(=O)N(CCCCO)C(C(=O)N(CC=C)c3c(C)cccc3C)C23CC(C)[C@]1(C)O3. The highest BCUT2D eigenvalue weighted by Gasteiger charge is 2.80. The van der Waals surface area contributed by atoms with Gasteiger partial charge in [0.25, 0.3) is 5.91 Å². The number of anilines is 1. The van der Waals surface area contributed by atoms with E-state index in [0.29, 0.717) is 38.9 Å². The summed E-state index contributed by atoms with van der Waals surface area (Å²) in [5.41, 5.74) is 1.58. The summed E-state index contributed by atoms with van der Waals surface area (Å²) in [6.07, 6.45) is 4.92. The number of rotatable bonds is 13. The van der Waals surface area contributed by atoms with Crippen molar-refractivity contribution in [1.29, 1.82) is 0 Å². The Morgan fingerprint density at radius 1 is 1.02 bits per heavy atom. The van der Waals surface area contributed by atoms with Crippen LogP contribution in [0.15, 0.2) is 73.8 Å². The molecule has 2 bridgehead atoms. The van der Waals surface area contributed by atoms with Gasteiger partial charge in [0.1, 0.15) is 11.6 Å². The van der Waals surface area contributed by atoms with Crippen LogP contribution in [0.4, 0.5) is 5.69 Å². The van der Waals surface area contributed by atoms with Crippen LogP contribution in [-0.2, 0) is 25.7 Å². The van der Waals surface area contributed by atoms with E-state index in [1.807, 2.05) is 69.3 Å². The number of aliphatic hydroxyl groups excluding tert-OH is 1. The second-order valence-corrected chi connectivity index (χ2v) is 13.1. The number of hydrogen-bond acceptors (Lipinski definition) is 5. The minimum absolute atomic E-state index is 0.0110. The molecule has 240 valence electrons. The molecule has 3 unspecified atom stereocenters. The van der Waals surface area contributed by atoms with Gasteiger partial charge in [-0.05, 0) is 62.6 Å². The molecule has 1 N–H and O–H groups in total. The van der Waals surface area contributed by atoms with Gasteiger partial charge in [0.2, 0.25) is 11.8 Å². The smallest absolute Gasteiger partial charge is 0.253 e. The molecule has 3 heterocycles. The molecule has 3 amide bonds. The quantitative estimate of drug-likeness (QED) is 0.259. The van der Waals surface area contributed by atoms with Crippen molar-refractivity contribution in [3.05, 3.63) is 90.5 Å². The summed E-state index contributed by atoms with van der Waals surface area (Å²) in [6.45, 7) is 17.0. The summed E-state index contributed by atoms with van der Waals surface area (Å²) in [5.74, 6) is -2.25. The fourth-order valence-electron chi connectivity index (χ4n) is 8.22. The summed E-state index contributed by atoms with van der Waals surface area (Å²) in [4.78, 5) is 49.4. The largest absolute Gasteiger partial charge is 0.396 e. The van der Waals surface area contributed by atoms with Crippen molar-refractivity contribution >= 4 is 23.4 Å². The Hall–Kier alpha value is -3.75. The fraction of sp³-hybridized carbons (Fsp3) is 0.486. The Morgan fingerprint density at radius 2 is 1.69 bits per heavy atom. The van der Waals surface area contributed by atoms with E-state index in [2.05, 4.69) is 20.1 Å². The van der Waals surface area contributed by atoms with E-state index >= 15 is 0 Å². The Balaban J connectivity index is 1.60. The number of para-hydroxylation sites is 1. The minimum Gasteiger partial charge on any atom is -0.396 e. The van der Waals surface area contributed by atoms with Crippen molar-refractivity contribution in [3.8, 4) is 0 Å². The number of unbranched alkanes of at least 4 members (excludes halogenated alkanes) is 1. The molecule has 6 atom stereocenters. The molecule has 8 nitrogen and oxygen atoms in total. The molecule has 3 saturated heterocycles. The highest BCUT2D eigenvalue weighted by molar-refractivity contribution is 6.05. The molecule has 1 spiro atoms. The Morgan fingerprint density at radius 3 is 2.31 bits per heavy atom. The van der Waals surface area contributed by atoms with Crippen LogP contribution in [0.1, 0.15) is 49.8 Å². The van der Waals surface area contributed by atoms with Crippen LogP contribution in [-0.4, -0.2) is 76.1 Å². The number of aryl methyl sites for hydroxylation is 2. The first-order chi connectivity index (χ1) is 21.5. The molecule has 0 aliphatic carbocycles. The molecular weight excluding hydrogens is 566 g/mol. The lowest BCUT2D eigenvalue weighted by Crippen LogP contribution is -2.57. The van der Waals surface area contributed by atoms with Gasteiger partial charge in [-0.15, -0.1) is 13.2 Å². The van der Waals surface area contributed by atoms with Gasteiger partial charge in [-0.1, -0.05) is 67.6 Å². The summed E-state index contributed by atoms with van der Waals surface area (Å²) >= 11 is 0. The van der Waals surface area contributed by atoms with Crippen LogP contribution in [0.5, 0.6) is 0 Å². The lowest BCUT2D eigenvalue weighted by atomic mass is 9.62. The van der Waals surface area contributed by atoms with Gasteiger partial charge in [0.05, 0.1) is 17.4 Å². The highest BCUT2D eigenvalue weighted by atomic mass is 16.5. The maximum Gasteiger partial charge on any atom is 0.253 e. The molecule has 3 aliphatic heterocycles. The zero-order chi connectivity index (χ0) is 32.5.